The number of carbonyl (C=O) groups excluding carboxylic acids is 2. The Labute approximate surface area is 386 Å². The molecular formula is C54H57N5O7. The van der Waals surface area contributed by atoms with Crippen LogP contribution in [0.15, 0.2) is 170 Å². The first-order valence-corrected chi connectivity index (χ1v) is 22.4. The number of hydrogen-bond donors (Lipinski definition) is 6. The van der Waals surface area contributed by atoms with Crippen molar-refractivity contribution in [3.63, 3.8) is 0 Å². The summed E-state index contributed by atoms with van der Waals surface area (Å²) in [6.07, 6.45) is 0.0146. The van der Waals surface area contributed by atoms with Crippen molar-refractivity contribution in [2.45, 2.75) is 74.7 Å². The average molecular weight is 888 g/mol. The third kappa shape index (κ3) is 11.9. The molecule has 0 aliphatic carbocycles. The Morgan fingerprint density at radius 1 is 0.545 bits per heavy atom. The van der Waals surface area contributed by atoms with E-state index in [4.69, 9.17) is 4.74 Å². The van der Waals surface area contributed by atoms with Crippen LogP contribution >= 0.6 is 0 Å². The van der Waals surface area contributed by atoms with Crippen LogP contribution in [0.25, 0.3) is 0 Å². The fourth-order valence-electron chi connectivity index (χ4n) is 9.12. The third-order valence-electron chi connectivity index (χ3n) is 12.7. The predicted octanol–water partition coefficient (Wildman–Crippen LogP) is 9.15. The van der Waals surface area contributed by atoms with E-state index in [-0.39, 0.29) is 18.2 Å². The number of carboxylic acid groups (broad SMARTS) is 2. The Morgan fingerprint density at radius 3 is 1.27 bits per heavy atom. The van der Waals surface area contributed by atoms with Crippen molar-refractivity contribution < 1.29 is 34.1 Å². The molecule has 6 aromatic carbocycles. The second-order valence-electron chi connectivity index (χ2n) is 16.8. The fourth-order valence-corrected chi connectivity index (χ4v) is 9.12. The number of carbonyl (C=O) groups is 4. The zero-order chi connectivity index (χ0) is 46.4. The first-order chi connectivity index (χ1) is 32.1. The van der Waals surface area contributed by atoms with Crippen molar-refractivity contribution in [3.05, 3.63) is 203 Å². The summed E-state index contributed by atoms with van der Waals surface area (Å²) in [5.41, 5.74) is 6.31. The summed E-state index contributed by atoms with van der Waals surface area (Å²) >= 11 is 0. The summed E-state index contributed by atoms with van der Waals surface area (Å²) in [5.74, 6) is -2.07. The van der Waals surface area contributed by atoms with Crippen LogP contribution in [0.5, 0.6) is 0 Å². The van der Waals surface area contributed by atoms with Gasteiger partial charge in [-0.15, -0.1) is 0 Å². The number of anilines is 2. The lowest BCUT2D eigenvalue weighted by Crippen LogP contribution is -2.53. The van der Waals surface area contributed by atoms with Gasteiger partial charge in [-0.2, -0.15) is 0 Å². The molecule has 0 bridgehead atoms. The zero-order valence-electron chi connectivity index (χ0n) is 37.1. The predicted molar refractivity (Wildman–Crippen MR) is 257 cm³/mol. The van der Waals surface area contributed by atoms with Gasteiger partial charge >= 0.3 is 12.2 Å². The summed E-state index contributed by atoms with van der Waals surface area (Å²) in [7, 11) is 2.10. The Hall–Kier alpha value is -7.28. The minimum atomic E-state index is -1.29. The molecule has 0 saturated carbocycles. The van der Waals surface area contributed by atoms with Crippen LogP contribution in [0.2, 0.25) is 0 Å². The van der Waals surface area contributed by atoms with Gasteiger partial charge in [-0.3, -0.25) is 14.5 Å². The van der Waals surface area contributed by atoms with Gasteiger partial charge in [-0.05, 0) is 85.2 Å². The number of para-hydroxylation sites is 2. The lowest BCUT2D eigenvalue weighted by molar-refractivity contribution is -0.119. The summed E-state index contributed by atoms with van der Waals surface area (Å²) < 4.78 is 6.55. The van der Waals surface area contributed by atoms with E-state index in [2.05, 4.69) is 40.1 Å². The number of aryl methyl sites for hydroxylation is 2. The summed E-state index contributed by atoms with van der Waals surface area (Å²) in [6.45, 7) is 2.65. The van der Waals surface area contributed by atoms with E-state index in [1.807, 2.05) is 170 Å². The molecule has 1 heterocycles. The van der Waals surface area contributed by atoms with Crippen molar-refractivity contribution in [2.75, 3.05) is 24.3 Å². The molecule has 0 radical (unpaired) electrons. The number of likely N-dealkylation sites (N-methyl/N-ethyl adjacent to an activating group) is 1. The van der Waals surface area contributed by atoms with Crippen LogP contribution in [0, 0.1) is 0 Å². The molecule has 0 spiro atoms. The molecule has 340 valence electrons. The van der Waals surface area contributed by atoms with E-state index >= 15 is 0 Å². The number of hydrogen-bond acceptors (Lipinski definition) is 6. The van der Waals surface area contributed by atoms with Gasteiger partial charge in [0.15, 0.2) is 0 Å². The van der Waals surface area contributed by atoms with Crippen molar-refractivity contribution >= 4 is 35.4 Å². The smallest absolute Gasteiger partial charge is 0.405 e. The van der Waals surface area contributed by atoms with Gasteiger partial charge in [0.1, 0.15) is 12.1 Å². The number of nitrogens with one attached hydrogen (secondary N) is 4. The third-order valence-corrected chi connectivity index (χ3v) is 12.7. The molecule has 0 aromatic heterocycles. The number of ether oxygens (including phenoxy) is 1. The molecule has 6 aromatic rings. The maximum atomic E-state index is 14.2. The number of amides is 4. The number of benzene rings is 6. The average Bonchev–Trinajstić information content (AvgIpc) is 3.33. The topological polar surface area (TPSA) is 169 Å². The monoisotopic (exact) mass is 887 g/mol. The Kier molecular flexibility index (Phi) is 16.0. The van der Waals surface area contributed by atoms with Crippen LogP contribution in [0.1, 0.15) is 65.0 Å². The normalized spacial score (nSPS) is 17.1. The first kappa shape index (κ1) is 46.7. The first-order valence-electron chi connectivity index (χ1n) is 22.4. The standard InChI is InChI=1S/C54H57N5O7/c1-36-46(34-32-38-20-16-18-30-45(38)56-52(61)50(58-54(64)65)48(41-25-11-5-12-26-41)42-27-13-6-14-28-42)66-35-43(59(36)2)33-31-37-19-15-17-29-44(37)55-51(60)49(57-53(62)63)47(39-21-7-3-8-22-39)40-23-9-4-10-24-40/h3-30,36,43,46-50,57-58H,31-35H2,1-2H3,(H,55,60)(H,56,61)(H,62,63)(H,64,65)/t36?,43-,46-,49+,50+/m1/s1. The minimum Gasteiger partial charge on any atom is -0.465 e. The van der Waals surface area contributed by atoms with Gasteiger partial charge in [0.2, 0.25) is 11.8 Å². The molecular weight excluding hydrogens is 831 g/mol. The highest BCUT2D eigenvalue weighted by molar-refractivity contribution is 5.99. The lowest BCUT2D eigenvalue weighted by atomic mass is 9.84. The zero-order valence-corrected chi connectivity index (χ0v) is 37.1. The SMILES string of the molecule is CC1[C@@H](CCc2ccccc2NC(=O)[C@@H](NC(=O)O)C(c2ccccc2)c2ccccc2)OC[C@@H](CCc2ccccc2NC(=O)[C@@H](NC(=O)O)C(c2ccccc2)c2ccccc2)N1C. The van der Waals surface area contributed by atoms with Crippen LogP contribution in [0.3, 0.4) is 0 Å². The van der Waals surface area contributed by atoms with Crippen molar-refractivity contribution in [3.8, 4) is 0 Å². The van der Waals surface area contributed by atoms with Crippen molar-refractivity contribution in [1.29, 1.82) is 0 Å². The van der Waals surface area contributed by atoms with E-state index in [1.165, 1.54) is 0 Å². The van der Waals surface area contributed by atoms with Gasteiger partial charge in [0.05, 0.1) is 12.7 Å². The maximum Gasteiger partial charge on any atom is 0.405 e. The second kappa shape index (κ2) is 22.6. The molecule has 12 nitrogen and oxygen atoms in total. The largest absolute Gasteiger partial charge is 0.465 e. The summed E-state index contributed by atoms with van der Waals surface area (Å²) in [4.78, 5) is 54.9. The summed E-state index contributed by atoms with van der Waals surface area (Å²) in [6, 6.07) is 50.9. The Morgan fingerprint density at radius 2 is 0.894 bits per heavy atom. The molecule has 1 saturated heterocycles. The minimum absolute atomic E-state index is 0.0675. The lowest BCUT2D eigenvalue weighted by Gasteiger charge is -2.43. The number of rotatable bonds is 18. The van der Waals surface area contributed by atoms with Crippen molar-refractivity contribution in [2.24, 2.45) is 0 Å². The van der Waals surface area contributed by atoms with Crippen LogP contribution < -0.4 is 21.3 Å². The molecule has 66 heavy (non-hydrogen) atoms. The van der Waals surface area contributed by atoms with Crippen LogP contribution in [0.4, 0.5) is 21.0 Å². The van der Waals surface area contributed by atoms with Gasteiger partial charge in [-0.1, -0.05) is 158 Å². The summed E-state index contributed by atoms with van der Waals surface area (Å²) in [5, 5.41) is 31.0. The van der Waals surface area contributed by atoms with E-state index in [0.29, 0.717) is 37.2 Å². The molecule has 1 fully saturated rings. The second-order valence-corrected chi connectivity index (χ2v) is 16.8. The fraction of sp³-hybridized carbons (Fsp3) is 0.259. The van der Waals surface area contributed by atoms with Gasteiger partial charge in [0.25, 0.3) is 0 Å². The maximum absolute atomic E-state index is 14.2. The molecule has 7 rings (SSSR count). The molecule has 6 N–H and O–H groups in total. The number of morpholine rings is 1. The highest BCUT2D eigenvalue weighted by Gasteiger charge is 2.36. The Balaban J connectivity index is 0.987. The molecule has 5 atom stereocenters. The highest BCUT2D eigenvalue weighted by Crippen LogP contribution is 2.32. The quantitative estimate of drug-likeness (QED) is 0.0497. The van der Waals surface area contributed by atoms with Crippen LogP contribution in [-0.2, 0) is 27.2 Å². The van der Waals surface area contributed by atoms with E-state index in [0.717, 1.165) is 39.8 Å². The molecule has 1 unspecified atom stereocenters. The van der Waals surface area contributed by atoms with Gasteiger partial charge in [-0.25, -0.2) is 9.59 Å². The van der Waals surface area contributed by atoms with Gasteiger partial charge < -0.3 is 36.2 Å². The Bertz CT molecular complexity index is 2270. The molecule has 1 aliphatic rings. The molecule has 4 amide bonds. The van der Waals surface area contributed by atoms with Gasteiger partial charge in [0, 0.05) is 35.3 Å². The number of nitrogens with zero attached hydrogens (tertiary/aromatic N) is 1. The molecule has 12 heteroatoms. The highest BCUT2D eigenvalue weighted by atomic mass is 16.5. The van der Waals surface area contributed by atoms with Crippen LogP contribution in [-0.4, -0.2) is 83.0 Å². The van der Waals surface area contributed by atoms with E-state index < -0.39 is 47.9 Å². The van der Waals surface area contributed by atoms with E-state index in [9.17, 15) is 29.4 Å². The van der Waals surface area contributed by atoms with Crippen molar-refractivity contribution in [1.82, 2.24) is 15.5 Å². The van der Waals surface area contributed by atoms with E-state index in [1.54, 1.807) is 0 Å². The molecule has 1 aliphatic heterocycles.